The number of fused-ring (bicyclic) bond motifs is 1. The molecule has 0 aliphatic heterocycles. The number of nitrogens with zero attached hydrogens (tertiary/aromatic N) is 1. The first-order valence-electron chi connectivity index (χ1n) is 6.97. The third kappa shape index (κ3) is 2.65. The molecular weight excluding hydrogens is 263 g/mol. The van der Waals surface area contributed by atoms with Crippen LogP contribution in [0.3, 0.4) is 0 Å². The second kappa shape index (κ2) is 5.62. The predicted octanol–water partition coefficient (Wildman–Crippen LogP) is 3.99. The Hall–Kier alpha value is -2.26. The van der Waals surface area contributed by atoms with Gasteiger partial charge < -0.3 is 5.32 Å². The molecule has 0 bridgehead atoms. The number of halogens is 1. The summed E-state index contributed by atoms with van der Waals surface area (Å²) in [6, 6.07) is 15.4. The molecule has 0 saturated carbocycles. The Bertz CT molecular complexity index is 783. The Morgan fingerprint density at radius 2 is 1.81 bits per heavy atom. The second-order valence-electron chi connectivity index (χ2n) is 5.19. The molecule has 3 aromatic rings. The van der Waals surface area contributed by atoms with Gasteiger partial charge in [-0.05, 0) is 54.9 Å². The maximum atomic E-state index is 13.8. The fourth-order valence-corrected chi connectivity index (χ4v) is 2.59. The van der Waals surface area contributed by atoms with Crippen LogP contribution < -0.4 is 5.32 Å². The first-order chi connectivity index (χ1) is 10.2. The summed E-state index contributed by atoms with van der Waals surface area (Å²) in [5, 5.41) is 4.34. The molecule has 0 amide bonds. The Morgan fingerprint density at radius 3 is 2.57 bits per heavy atom. The lowest BCUT2D eigenvalue weighted by Gasteiger charge is -2.18. The van der Waals surface area contributed by atoms with Crippen LogP contribution in [0.4, 0.5) is 4.39 Å². The number of aromatic nitrogens is 1. The van der Waals surface area contributed by atoms with Crippen molar-refractivity contribution in [2.75, 3.05) is 7.05 Å². The van der Waals surface area contributed by atoms with Gasteiger partial charge >= 0.3 is 0 Å². The van der Waals surface area contributed by atoms with Crippen molar-refractivity contribution in [3.8, 4) is 0 Å². The van der Waals surface area contributed by atoms with Crippen molar-refractivity contribution in [3.05, 3.63) is 77.2 Å². The van der Waals surface area contributed by atoms with E-state index in [9.17, 15) is 4.39 Å². The second-order valence-corrected chi connectivity index (χ2v) is 5.19. The van der Waals surface area contributed by atoms with Crippen LogP contribution in [-0.2, 0) is 0 Å². The largest absolute Gasteiger partial charge is 0.309 e. The van der Waals surface area contributed by atoms with E-state index < -0.39 is 0 Å². The fraction of sp³-hybridized carbons (Fsp3) is 0.167. The molecule has 21 heavy (non-hydrogen) atoms. The Labute approximate surface area is 123 Å². The van der Waals surface area contributed by atoms with Crippen molar-refractivity contribution in [1.82, 2.24) is 10.3 Å². The lowest BCUT2D eigenvalue weighted by molar-refractivity contribution is 0.608. The highest BCUT2D eigenvalue weighted by atomic mass is 19.1. The minimum absolute atomic E-state index is 0.0373. The maximum Gasteiger partial charge on any atom is 0.126 e. The van der Waals surface area contributed by atoms with Gasteiger partial charge in [-0.15, -0.1) is 0 Å². The molecule has 0 saturated heterocycles. The third-order valence-corrected chi connectivity index (χ3v) is 3.78. The molecule has 1 atom stereocenters. The van der Waals surface area contributed by atoms with E-state index in [4.69, 9.17) is 0 Å². The van der Waals surface area contributed by atoms with E-state index in [0.29, 0.717) is 5.56 Å². The molecule has 2 aromatic carbocycles. The SMILES string of the molecule is CNC(c1ccc(C)c(F)c1)c1ccc2ncccc2c1. The summed E-state index contributed by atoms with van der Waals surface area (Å²) in [5.74, 6) is -0.171. The highest BCUT2D eigenvalue weighted by Gasteiger charge is 2.14. The van der Waals surface area contributed by atoms with Crippen LogP contribution in [0.5, 0.6) is 0 Å². The zero-order chi connectivity index (χ0) is 14.8. The minimum Gasteiger partial charge on any atom is -0.309 e. The van der Waals surface area contributed by atoms with Gasteiger partial charge in [0, 0.05) is 11.6 Å². The van der Waals surface area contributed by atoms with E-state index in [0.717, 1.165) is 22.0 Å². The van der Waals surface area contributed by atoms with Gasteiger partial charge in [0.15, 0.2) is 0 Å². The first kappa shape index (κ1) is 13.7. The molecule has 0 spiro atoms. The first-order valence-corrected chi connectivity index (χ1v) is 6.97. The Morgan fingerprint density at radius 1 is 1.05 bits per heavy atom. The quantitative estimate of drug-likeness (QED) is 0.784. The van der Waals surface area contributed by atoms with Crippen molar-refractivity contribution in [1.29, 1.82) is 0 Å². The molecule has 1 aromatic heterocycles. The van der Waals surface area contributed by atoms with Crippen LogP contribution >= 0.6 is 0 Å². The van der Waals surface area contributed by atoms with Crippen LogP contribution in [0.2, 0.25) is 0 Å². The zero-order valence-corrected chi connectivity index (χ0v) is 12.1. The van der Waals surface area contributed by atoms with E-state index in [2.05, 4.69) is 16.4 Å². The zero-order valence-electron chi connectivity index (χ0n) is 12.1. The molecule has 0 fully saturated rings. The van der Waals surface area contributed by atoms with E-state index in [1.54, 1.807) is 19.2 Å². The van der Waals surface area contributed by atoms with Crippen LogP contribution in [0, 0.1) is 12.7 Å². The lowest BCUT2D eigenvalue weighted by atomic mass is 9.96. The summed E-state index contributed by atoms with van der Waals surface area (Å²) in [7, 11) is 1.88. The lowest BCUT2D eigenvalue weighted by Crippen LogP contribution is -2.17. The molecule has 0 aliphatic carbocycles. The van der Waals surface area contributed by atoms with E-state index in [1.807, 2.05) is 43.4 Å². The minimum atomic E-state index is -0.171. The smallest absolute Gasteiger partial charge is 0.126 e. The molecule has 1 N–H and O–H groups in total. The van der Waals surface area contributed by atoms with Gasteiger partial charge in [-0.1, -0.05) is 24.3 Å². The van der Waals surface area contributed by atoms with Gasteiger partial charge in [-0.25, -0.2) is 4.39 Å². The van der Waals surface area contributed by atoms with Crippen LogP contribution in [0.25, 0.3) is 10.9 Å². The predicted molar refractivity (Wildman–Crippen MR) is 83.8 cm³/mol. The Kier molecular flexibility index (Phi) is 3.67. The standard InChI is InChI=1S/C18H17FN2/c1-12-5-6-15(11-16(12)19)18(20-2)14-7-8-17-13(10-14)4-3-9-21-17/h3-11,18,20H,1-2H3. The van der Waals surface area contributed by atoms with Crippen LogP contribution in [0.15, 0.2) is 54.7 Å². The summed E-state index contributed by atoms with van der Waals surface area (Å²) in [4.78, 5) is 4.33. The van der Waals surface area contributed by atoms with Crippen molar-refractivity contribution >= 4 is 10.9 Å². The Balaban J connectivity index is 2.06. The summed E-state index contributed by atoms with van der Waals surface area (Å²) in [6.45, 7) is 1.77. The molecule has 2 nitrogen and oxygen atoms in total. The number of benzene rings is 2. The summed E-state index contributed by atoms with van der Waals surface area (Å²) in [6.07, 6.45) is 1.78. The summed E-state index contributed by atoms with van der Waals surface area (Å²) in [5.41, 5.74) is 3.65. The third-order valence-electron chi connectivity index (χ3n) is 3.78. The number of aryl methyl sites for hydroxylation is 1. The van der Waals surface area contributed by atoms with Crippen molar-refractivity contribution in [2.24, 2.45) is 0 Å². The monoisotopic (exact) mass is 280 g/mol. The molecule has 0 radical (unpaired) electrons. The van der Waals surface area contributed by atoms with Crippen molar-refractivity contribution in [3.63, 3.8) is 0 Å². The average Bonchev–Trinajstić information content (AvgIpc) is 2.51. The molecule has 1 unspecified atom stereocenters. The fourth-order valence-electron chi connectivity index (χ4n) is 2.59. The number of nitrogens with one attached hydrogen (secondary N) is 1. The molecule has 3 heteroatoms. The molecular formula is C18H17FN2. The highest BCUT2D eigenvalue weighted by Crippen LogP contribution is 2.25. The molecule has 106 valence electrons. The maximum absolute atomic E-state index is 13.8. The topological polar surface area (TPSA) is 24.9 Å². The number of rotatable bonds is 3. The van der Waals surface area contributed by atoms with Gasteiger partial charge in [-0.3, -0.25) is 4.98 Å². The summed E-state index contributed by atoms with van der Waals surface area (Å²) < 4.78 is 13.8. The normalized spacial score (nSPS) is 12.5. The molecule has 0 aliphatic rings. The summed E-state index contributed by atoms with van der Waals surface area (Å²) >= 11 is 0. The number of hydrogen-bond donors (Lipinski definition) is 1. The van der Waals surface area contributed by atoms with E-state index >= 15 is 0 Å². The number of hydrogen-bond acceptors (Lipinski definition) is 2. The molecule has 3 rings (SSSR count). The average molecular weight is 280 g/mol. The van der Waals surface area contributed by atoms with Crippen molar-refractivity contribution in [2.45, 2.75) is 13.0 Å². The van der Waals surface area contributed by atoms with E-state index in [-0.39, 0.29) is 11.9 Å². The van der Waals surface area contributed by atoms with Gasteiger partial charge in [0.05, 0.1) is 11.6 Å². The van der Waals surface area contributed by atoms with E-state index in [1.165, 1.54) is 0 Å². The van der Waals surface area contributed by atoms with Gasteiger partial charge in [0.25, 0.3) is 0 Å². The van der Waals surface area contributed by atoms with Crippen molar-refractivity contribution < 1.29 is 4.39 Å². The van der Waals surface area contributed by atoms with Gasteiger partial charge in [0.1, 0.15) is 5.82 Å². The molecule has 1 heterocycles. The number of pyridine rings is 1. The van der Waals surface area contributed by atoms with Crippen LogP contribution in [0.1, 0.15) is 22.7 Å². The highest BCUT2D eigenvalue weighted by molar-refractivity contribution is 5.79. The van der Waals surface area contributed by atoms with Gasteiger partial charge in [-0.2, -0.15) is 0 Å². The van der Waals surface area contributed by atoms with Gasteiger partial charge in [0.2, 0.25) is 0 Å². The van der Waals surface area contributed by atoms with Crippen LogP contribution in [-0.4, -0.2) is 12.0 Å².